The van der Waals surface area contributed by atoms with Gasteiger partial charge in [-0.05, 0) is 45.0 Å². The Morgan fingerprint density at radius 3 is 2.40 bits per heavy atom. The van der Waals surface area contributed by atoms with Gasteiger partial charge in [0.25, 0.3) is 11.8 Å². The summed E-state index contributed by atoms with van der Waals surface area (Å²) in [5, 5.41) is 1.47. The molecule has 1 saturated heterocycles. The maximum absolute atomic E-state index is 10.9. The van der Waals surface area contributed by atoms with Crippen LogP contribution in [0.4, 0.5) is 0 Å². The summed E-state index contributed by atoms with van der Waals surface area (Å²) in [5.41, 5.74) is 13.9. The lowest BCUT2D eigenvalue weighted by Crippen LogP contribution is -2.30. The van der Waals surface area contributed by atoms with Crippen molar-refractivity contribution in [2.45, 2.75) is 39.2 Å². The highest BCUT2D eigenvalue weighted by atomic mass is 32.2. The molecule has 5 rings (SSSR count). The Kier molecular flexibility index (Phi) is 9.55. The average molecular weight is 519 g/mol. The summed E-state index contributed by atoms with van der Waals surface area (Å²) in [6, 6.07) is 7.71. The molecule has 11 heteroatoms. The molecule has 1 atom stereocenters. The minimum atomic E-state index is -0.719. The van der Waals surface area contributed by atoms with Crippen molar-refractivity contribution >= 4 is 45.0 Å². The molecular weight excluding hydrogens is 484 g/mol. The summed E-state index contributed by atoms with van der Waals surface area (Å²) in [7, 11) is 1.34. The smallest absolute Gasteiger partial charge is 0.277 e. The van der Waals surface area contributed by atoms with Gasteiger partial charge in [0.1, 0.15) is 5.69 Å². The molecule has 35 heavy (non-hydrogen) atoms. The number of nitrogens with one attached hydrogen (secondary N) is 1. The second-order valence-electron chi connectivity index (χ2n) is 8.79. The SMILES string of the molecule is CN1CCc2nc(C(N)=O)sc2C1.CS(=O)N1CCCCC1.Cc1ccc2[nH]c(C(N)=O)cc2c1. The molecule has 3 aromatic rings. The number of likely N-dealkylation sites (N-methyl/N-ethyl adjacent to an activating group) is 1. The Hall–Kier alpha value is -2.60. The molecule has 0 bridgehead atoms. The molecule has 1 unspecified atom stereocenters. The zero-order chi connectivity index (χ0) is 25.5. The van der Waals surface area contributed by atoms with Crippen LogP contribution >= 0.6 is 11.3 Å². The lowest BCUT2D eigenvalue weighted by molar-refractivity contribution is 0.0989. The number of rotatable bonds is 3. The van der Waals surface area contributed by atoms with Crippen molar-refractivity contribution in [3.05, 3.63) is 51.1 Å². The number of carbonyl (C=O) groups is 2. The van der Waals surface area contributed by atoms with Gasteiger partial charge in [0.05, 0.1) is 16.7 Å². The molecule has 2 aliphatic heterocycles. The van der Waals surface area contributed by atoms with Crippen LogP contribution < -0.4 is 11.5 Å². The minimum Gasteiger partial charge on any atom is -0.364 e. The molecule has 2 aromatic heterocycles. The summed E-state index contributed by atoms with van der Waals surface area (Å²) < 4.78 is 12.9. The van der Waals surface area contributed by atoms with Crippen molar-refractivity contribution < 1.29 is 13.8 Å². The normalized spacial score (nSPS) is 16.9. The maximum Gasteiger partial charge on any atom is 0.277 e. The molecule has 0 spiro atoms. The first-order chi connectivity index (χ1) is 16.6. The van der Waals surface area contributed by atoms with Crippen LogP contribution in [0.25, 0.3) is 10.9 Å². The predicted molar refractivity (Wildman–Crippen MR) is 142 cm³/mol. The second kappa shape index (κ2) is 12.4. The monoisotopic (exact) mass is 518 g/mol. The molecular formula is C24H34N6O3S2. The number of thiazole rings is 1. The van der Waals surface area contributed by atoms with Gasteiger partial charge >= 0.3 is 0 Å². The first-order valence-corrected chi connectivity index (χ1v) is 13.9. The quantitative estimate of drug-likeness (QED) is 0.489. The van der Waals surface area contributed by atoms with Crippen molar-refractivity contribution in [1.29, 1.82) is 0 Å². The van der Waals surface area contributed by atoms with Crippen LogP contribution in [0.3, 0.4) is 0 Å². The molecule has 0 radical (unpaired) electrons. The van der Waals surface area contributed by atoms with Gasteiger partial charge in [0.15, 0.2) is 5.01 Å². The van der Waals surface area contributed by atoms with Gasteiger partial charge < -0.3 is 21.4 Å². The van der Waals surface area contributed by atoms with Crippen LogP contribution in [-0.2, 0) is 24.0 Å². The number of aryl methyl sites for hydroxylation is 1. The van der Waals surface area contributed by atoms with Gasteiger partial charge in [0, 0.05) is 54.6 Å². The predicted octanol–water partition coefficient (Wildman–Crippen LogP) is 2.57. The fourth-order valence-corrected chi connectivity index (χ4v) is 5.75. The summed E-state index contributed by atoms with van der Waals surface area (Å²) >= 11 is 1.42. The number of aromatic nitrogens is 2. The van der Waals surface area contributed by atoms with E-state index < -0.39 is 22.8 Å². The van der Waals surface area contributed by atoms with E-state index in [9.17, 15) is 13.8 Å². The first kappa shape index (κ1) is 27.0. The second-order valence-corrected chi connectivity index (χ2v) is 11.2. The number of hydrogen-bond donors (Lipinski definition) is 3. The van der Waals surface area contributed by atoms with E-state index in [1.165, 1.54) is 41.0 Å². The van der Waals surface area contributed by atoms with E-state index in [0.29, 0.717) is 10.7 Å². The van der Waals surface area contributed by atoms with E-state index in [-0.39, 0.29) is 0 Å². The van der Waals surface area contributed by atoms with Crippen molar-refractivity contribution in [2.24, 2.45) is 11.5 Å². The van der Waals surface area contributed by atoms with Crippen LogP contribution in [-0.4, -0.2) is 68.1 Å². The number of aromatic amines is 1. The number of benzene rings is 1. The number of primary amides is 2. The van der Waals surface area contributed by atoms with Crippen LogP contribution in [0, 0.1) is 6.92 Å². The zero-order valence-corrected chi connectivity index (χ0v) is 22.1. The molecule has 0 aliphatic carbocycles. The van der Waals surface area contributed by atoms with Crippen LogP contribution in [0.1, 0.15) is 55.7 Å². The molecule has 0 saturated carbocycles. The highest BCUT2D eigenvalue weighted by Crippen LogP contribution is 2.24. The third kappa shape index (κ3) is 7.69. The van der Waals surface area contributed by atoms with Crippen molar-refractivity contribution in [3.8, 4) is 0 Å². The molecule has 1 fully saturated rings. The highest BCUT2D eigenvalue weighted by Gasteiger charge is 2.19. The molecule has 5 N–H and O–H groups in total. The third-order valence-corrected chi connectivity index (χ3v) is 8.04. The van der Waals surface area contributed by atoms with Gasteiger partial charge in [-0.3, -0.25) is 9.59 Å². The molecule has 1 aromatic carbocycles. The average Bonchev–Trinajstić information content (AvgIpc) is 3.44. The molecule has 2 amide bonds. The standard InChI is InChI=1S/C10H10N2O.C8H11N3OS.C6H13NOS/c1-6-2-3-8-7(4-6)5-9(12-8)10(11)13;1-11-3-2-5-6(4-11)13-8(10-5)7(9)12;1-9(8)7-5-3-2-4-6-7/h2-5,12H,1H3,(H2,11,13);2-4H2,1H3,(H2,9,12);2-6H2,1H3. The number of amides is 2. The summed E-state index contributed by atoms with van der Waals surface area (Å²) in [6.07, 6.45) is 6.44. The molecule has 4 heterocycles. The number of piperidine rings is 1. The number of carbonyl (C=O) groups excluding carboxylic acids is 2. The van der Waals surface area contributed by atoms with E-state index >= 15 is 0 Å². The van der Waals surface area contributed by atoms with Crippen LogP contribution in [0.5, 0.6) is 0 Å². The topological polar surface area (TPSA) is 138 Å². The Bertz CT molecular complexity index is 1200. The third-order valence-electron chi connectivity index (χ3n) is 5.85. The van der Waals surface area contributed by atoms with Gasteiger partial charge in [-0.2, -0.15) is 0 Å². The number of nitrogens with two attached hydrogens (primary N) is 2. The number of fused-ring (bicyclic) bond motifs is 2. The molecule has 2 aliphatic rings. The highest BCUT2D eigenvalue weighted by molar-refractivity contribution is 7.81. The van der Waals surface area contributed by atoms with Gasteiger partial charge in [0.2, 0.25) is 0 Å². The van der Waals surface area contributed by atoms with E-state index in [1.807, 2.05) is 29.4 Å². The zero-order valence-electron chi connectivity index (χ0n) is 20.5. The number of nitrogens with zero attached hydrogens (tertiary/aromatic N) is 3. The molecule has 190 valence electrons. The summed E-state index contributed by atoms with van der Waals surface area (Å²) in [6.45, 7) is 5.97. The van der Waals surface area contributed by atoms with Crippen molar-refractivity contribution in [2.75, 3.05) is 32.9 Å². The largest absolute Gasteiger partial charge is 0.364 e. The fourth-order valence-electron chi connectivity index (χ4n) is 3.94. The lowest BCUT2D eigenvalue weighted by Gasteiger charge is -2.22. The van der Waals surface area contributed by atoms with Gasteiger partial charge in [-0.1, -0.05) is 18.1 Å². The van der Waals surface area contributed by atoms with E-state index in [2.05, 4.69) is 21.9 Å². The summed E-state index contributed by atoms with van der Waals surface area (Å²) in [5.74, 6) is -0.837. The summed E-state index contributed by atoms with van der Waals surface area (Å²) in [4.78, 5) is 32.2. The van der Waals surface area contributed by atoms with E-state index in [0.717, 1.165) is 49.2 Å². The number of hydrogen-bond acceptors (Lipinski definition) is 6. The van der Waals surface area contributed by atoms with Gasteiger partial charge in [-0.15, -0.1) is 11.3 Å². The van der Waals surface area contributed by atoms with Gasteiger partial charge in [-0.25, -0.2) is 13.5 Å². The first-order valence-electron chi connectivity index (χ1n) is 11.6. The molecule has 9 nitrogen and oxygen atoms in total. The Labute approximate surface area is 212 Å². The number of H-pyrrole nitrogens is 1. The Balaban J connectivity index is 0.000000150. The van der Waals surface area contributed by atoms with Crippen molar-refractivity contribution in [3.63, 3.8) is 0 Å². The van der Waals surface area contributed by atoms with Crippen LogP contribution in [0.15, 0.2) is 24.3 Å². The fraction of sp³-hybridized carbons (Fsp3) is 0.458. The van der Waals surface area contributed by atoms with E-state index in [1.54, 1.807) is 12.3 Å². The maximum atomic E-state index is 10.9. The van der Waals surface area contributed by atoms with E-state index in [4.69, 9.17) is 11.5 Å². The lowest BCUT2D eigenvalue weighted by atomic mass is 10.2. The minimum absolute atomic E-state index is 0.415. The van der Waals surface area contributed by atoms with Crippen molar-refractivity contribution in [1.82, 2.24) is 19.2 Å². The van der Waals surface area contributed by atoms with Crippen LogP contribution in [0.2, 0.25) is 0 Å². The Morgan fingerprint density at radius 1 is 1.09 bits per heavy atom. The Morgan fingerprint density at radius 2 is 1.80 bits per heavy atom.